The van der Waals surface area contributed by atoms with Crippen LogP contribution in [0.3, 0.4) is 0 Å². The van der Waals surface area contributed by atoms with E-state index in [1.54, 1.807) is 11.3 Å². The summed E-state index contributed by atoms with van der Waals surface area (Å²) in [6.45, 7) is 7.82. The van der Waals surface area contributed by atoms with Crippen LogP contribution in [-0.2, 0) is 20.9 Å². The van der Waals surface area contributed by atoms with E-state index in [-0.39, 0.29) is 18.4 Å². The van der Waals surface area contributed by atoms with E-state index in [1.165, 1.54) is 4.88 Å². The van der Waals surface area contributed by atoms with Gasteiger partial charge in [0.2, 0.25) is 11.8 Å². The van der Waals surface area contributed by atoms with Crippen LogP contribution < -0.4 is 5.32 Å². The van der Waals surface area contributed by atoms with Gasteiger partial charge in [0, 0.05) is 37.8 Å². The number of nitrogens with one attached hydrogen (secondary N) is 1. The highest BCUT2D eigenvalue weighted by Crippen LogP contribution is 2.39. The molecule has 1 fully saturated rings. The molecular weight excluding hydrogens is 560 g/mol. The lowest BCUT2D eigenvalue weighted by Crippen LogP contribution is -2.32. The van der Waals surface area contributed by atoms with E-state index in [1.807, 2.05) is 54.0 Å². The van der Waals surface area contributed by atoms with Gasteiger partial charge in [-0.25, -0.2) is 4.99 Å². The molecule has 1 N–H and O–H groups in total. The van der Waals surface area contributed by atoms with Gasteiger partial charge in [0.25, 0.3) is 0 Å². The average molecular weight is 587 g/mol. The van der Waals surface area contributed by atoms with Crippen molar-refractivity contribution in [3.8, 4) is 5.00 Å². The number of fused-ring (bicyclic) bond motifs is 4. The number of aryl methyl sites for hydroxylation is 2. The van der Waals surface area contributed by atoms with Crippen LogP contribution in [0.25, 0.3) is 5.00 Å². The SMILES string of the molecule is Cc1sc2c(c1C)C(c1ccc(Cl)cc1)=N[C@@H](CC(=O)Nc1ccc3c(c1)CO/C3=N\C1COC1)c1nnc(C)n1-2. The van der Waals surface area contributed by atoms with Crippen LogP contribution >= 0.6 is 22.9 Å². The molecule has 0 spiro atoms. The molecule has 0 radical (unpaired) electrons. The van der Waals surface area contributed by atoms with Crippen LogP contribution in [0.2, 0.25) is 5.02 Å². The number of halogens is 1. The van der Waals surface area contributed by atoms with E-state index in [4.69, 9.17) is 26.1 Å². The molecule has 1 saturated heterocycles. The minimum absolute atomic E-state index is 0.101. The van der Waals surface area contributed by atoms with Gasteiger partial charge in [-0.05, 0) is 56.7 Å². The number of carbonyl (C=O) groups is 1. The Balaban J connectivity index is 1.21. The van der Waals surface area contributed by atoms with Gasteiger partial charge in [0.1, 0.15) is 29.5 Å². The van der Waals surface area contributed by atoms with Crippen LogP contribution in [0, 0.1) is 20.8 Å². The maximum Gasteiger partial charge on any atom is 0.227 e. The van der Waals surface area contributed by atoms with Crippen molar-refractivity contribution >= 4 is 46.1 Å². The summed E-state index contributed by atoms with van der Waals surface area (Å²) in [6, 6.07) is 13.0. The van der Waals surface area contributed by atoms with Gasteiger partial charge >= 0.3 is 0 Å². The molecule has 4 aromatic rings. The molecule has 5 heterocycles. The number of thiophene rings is 1. The predicted molar refractivity (Wildman–Crippen MR) is 159 cm³/mol. The Morgan fingerprint density at radius 3 is 2.71 bits per heavy atom. The number of aromatic nitrogens is 3. The summed E-state index contributed by atoms with van der Waals surface area (Å²) < 4.78 is 13.1. The number of anilines is 1. The van der Waals surface area contributed by atoms with E-state index in [0.29, 0.717) is 42.3 Å². The van der Waals surface area contributed by atoms with Gasteiger partial charge in [-0.3, -0.25) is 14.4 Å². The first-order valence-electron chi connectivity index (χ1n) is 13.4. The van der Waals surface area contributed by atoms with Crippen molar-refractivity contribution in [2.45, 2.75) is 45.9 Å². The van der Waals surface area contributed by atoms with Gasteiger partial charge < -0.3 is 14.8 Å². The number of ether oxygens (including phenoxy) is 2. The number of nitrogens with zero attached hydrogens (tertiary/aromatic N) is 5. The topological polar surface area (TPSA) is 103 Å². The number of benzene rings is 2. The van der Waals surface area contributed by atoms with Gasteiger partial charge in [0.05, 0.1) is 25.3 Å². The second-order valence-corrected chi connectivity index (χ2v) is 12.1. The fourth-order valence-corrected chi connectivity index (χ4v) is 6.65. The third-order valence-corrected chi connectivity index (χ3v) is 9.08. The zero-order valence-electron chi connectivity index (χ0n) is 22.8. The molecular formula is C30H27ClN6O3S. The Morgan fingerprint density at radius 1 is 1.15 bits per heavy atom. The maximum absolute atomic E-state index is 13.5. The lowest BCUT2D eigenvalue weighted by atomic mass is 9.99. The minimum atomic E-state index is -0.539. The largest absolute Gasteiger partial charge is 0.473 e. The quantitative estimate of drug-likeness (QED) is 0.332. The molecule has 9 nitrogen and oxygen atoms in total. The van der Waals surface area contributed by atoms with Gasteiger partial charge in [0.15, 0.2) is 5.82 Å². The van der Waals surface area contributed by atoms with Crippen molar-refractivity contribution in [3.05, 3.63) is 91.8 Å². The summed E-state index contributed by atoms with van der Waals surface area (Å²) >= 11 is 7.90. The summed E-state index contributed by atoms with van der Waals surface area (Å²) in [5.41, 5.74) is 6.58. The second-order valence-electron chi connectivity index (χ2n) is 10.4. The van der Waals surface area contributed by atoms with Crippen molar-refractivity contribution in [1.29, 1.82) is 0 Å². The number of aliphatic imine (C=N–C) groups is 2. The lowest BCUT2D eigenvalue weighted by molar-refractivity contribution is -0.116. The van der Waals surface area contributed by atoms with Crippen molar-refractivity contribution in [2.75, 3.05) is 18.5 Å². The van der Waals surface area contributed by atoms with Gasteiger partial charge in [-0.2, -0.15) is 0 Å². The third-order valence-electron chi connectivity index (χ3n) is 7.64. The van der Waals surface area contributed by atoms with E-state index < -0.39 is 6.04 Å². The zero-order valence-corrected chi connectivity index (χ0v) is 24.3. The molecule has 41 heavy (non-hydrogen) atoms. The van der Waals surface area contributed by atoms with E-state index >= 15 is 0 Å². The molecule has 11 heteroatoms. The molecule has 7 rings (SSSR count). The van der Waals surface area contributed by atoms with Crippen molar-refractivity contribution in [2.24, 2.45) is 9.98 Å². The van der Waals surface area contributed by atoms with Gasteiger partial charge in [-0.1, -0.05) is 23.7 Å². The summed E-state index contributed by atoms with van der Waals surface area (Å²) in [7, 11) is 0. The molecule has 3 aliphatic rings. The highest BCUT2D eigenvalue weighted by molar-refractivity contribution is 7.15. The highest BCUT2D eigenvalue weighted by atomic mass is 35.5. The third kappa shape index (κ3) is 4.65. The Morgan fingerprint density at radius 2 is 1.95 bits per heavy atom. The number of carbonyl (C=O) groups excluding carboxylic acids is 1. The minimum Gasteiger partial charge on any atom is -0.473 e. The van der Waals surface area contributed by atoms with Crippen molar-refractivity contribution in [3.63, 3.8) is 0 Å². The molecule has 1 amide bonds. The Bertz CT molecular complexity index is 1750. The number of hydrogen-bond acceptors (Lipinski definition) is 8. The Kier molecular flexibility index (Phi) is 6.49. The Hall–Kier alpha value is -3.86. The van der Waals surface area contributed by atoms with Crippen LogP contribution in [0.4, 0.5) is 5.69 Å². The van der Waals surface area contributed by atoms with E-state index in [0.717, 1.165) is 44.4 Å². The first-order chi connectivity index (χ1) is 19.9. The van der Waals surface area contributed by atoms with E-state index in [2.05, 4.69) is 34.4 Å². The standard InChI is InChI=1S/C30H27ClN6O3S/c1-15-16(2)41-30-26(15)27(18-4-6-20(31)7-5-18)34-24(28-36-35-17(3)37(28)30)11-25(38)32-21-8-9-23-19(10-21)12-40-29(23)33-22-13-39-14-22/h4-10,22,24H,11-14H2,1-3H3,(H,32,38)/b33-29-/t24-/m0/s1. The molecule has 0 bridgehead atoms. The number of rotatable bonds is 5. The number of amides is 1. The lowest BCUT2D eigenvalue weighted by Gasteiger charge is -2.22. The molecule has 2 aromatic carbocycles. The summed E-state index contributed by atoms with van der Waals surface area (Å²) in [5.74, 6) is 1.87. The summed E-state index contributed by atoms with van der Waals surface area (Å²) in [6.07, 6.45) is 0.101. The van der Waals surface area contributed by atoms with Crippen LogP contribution in [-0.4, -0.2) is 51.5 Å². The molecule has 2 aromatic heterocycles. The van der Waals surface area contributed by atoms with Gasteiger partial charge in [-0.15, -0.1) is 21.5 Å². The maximum atomic E-state index is 13.5. The Labute approximate surface area is 245 Å². The fourth-order valence-electron chi connectivity index (χ4n) is 5.31. The molecule has 208 valence electrons. The second kappa shape index (κ2) is 10.2. The first-order valence-corrected chi connectivity index (χ1v) is 14.6. The highest BCUT2D eigenvalue weighted by Gasteiger charge is 2.32. The molecule has 0 aliphatic carbocycles. The number of hydrogen-bond donors (Lipinski definition) is 1. The molecule has 1 atom stereocenters. The van der Waals surface area contributed by atoms with Crippen LogP contribution in [0.5, 0.6) is 0 Å². The smallest absolute Gasteiger partial charge is 0.227 e. The molecule has 0 unspecified atom stereocenters. The predicted octanol–water partition coefficient (Wildman–Crippen LogP) is 5.50. The van der Waals surface area contributed by atoms with Crippen molar-refractivity contribution < 1.29 is 14.3 Å². The monoisotopic (exact) mass is 586 g/mol. The average Bonchev–Trinajstić information content (AvgIpc) is 3.57. The summed E-state index contributed by atoms with van der Waals surface area (Å²) in [4.78, 5) is 24.5. The van der Waals surface area contributed by atoms with Crippen LogP contribution in [0.1, 0.15) is 56.8 Å². The van der Waals surface area contributed by atoms with E-state index in [9.17, 15) is 4.79 Å². The van der Waals surface area contributed by atoms with Crippen molar-refractivity contribution in [1.82, 2.24) is 14.8 Å². The zero-order chi connectivity index (χ0) is 28.2. The fraction of sp³-hybridized carbons (Fsp3) is 0.300. The summed E-state index contributed by atoms with van der Waals surface area (Å²) in [5, 5.41) is 13.6. The first kappa shape index (κ1) is 26.1. The normalized spacial score (nSPS) is 18.6. The molecule has 3 aliphatic heterocycles. The van der Waals surface area contributed by atoms with Crippen LogP contribution in [0.15, 0.2) is 52.4 Å². The molecule has 0 saturated carbocycles.